The van der Waals surface area contributed by atoms with Crippen LogP contribution in [0.2, 0.25) is 0 Å². The van der Waals surface area contributed by atoms with Crippen molar-refractivity contribution in [2.75, 3.05) is 6.61 Å². The van der Waals surface area contributed by atoms with Crippen LogP contribution in [0, 0.1) is 0 Å². The average Bonchev–Trinajstić information content (AvgIpc) is 2.39. The second-order valence-corrected chi connectivity index (χ2v) is 3.32. The van der Waals surface area contributed by atoms with Crippen LogP contribution in [0.3, 0.4) is 0 Å². The van der Waals surface area contributed by atoms with Crippen LogP contribution in [0.1, 0.15) is 12.0 Å². The molecule has 0 N–H and O–H groups in total. The summed E-state index contributed by atoms with van der Waals surface area (Å²) < 4.78 is 42.2. The first-order valence-corrected chi connectivity index (χ1v) is 4.56. The summed E-state index contributed by atoms with van der Waals surface area (Å²) >= 11 is 0. The Kier molecular flexibility index (Phi) is 2.42. The van der Waals surface area contributed by atoms with Crippen molar-refractivity contribution in [1.82, 2.24) is 0 Å². The molecule has 15 heavy (non-hydrogen) atoms. The van der Waals surface area contributed by atoms with Gasteiger partial charge in [-0.3, -0.25) is 0 Å². The van der Waals surface area contributed by atoms with Crippen LogP contribution in [-0.2, 0) is 10.9 Å². The fourth-order valence-electron chi connectivity index (χ4n) is 1.47. The van der Waals surface area contributed by atoms with Crippen molar-refractivity contribution in [2.45, 2.75) is 12.6 Å². The Balaban J connectivity index is 2.60. The van der Waals surface area contributed by atoms with Gasteiger partial charge in [0.2, 0.25) is 0 Å². The molecule has 1 aliphatic rings. The minimum absolute atomic E-state index is 0.488. The minimum Gasteiger partial charge on any atom is -0.500 e. The maximum Gasteiger partial charge on any atom is 0.416 e. The van der Waals surface area contributed by atoms with Gasteiger partial charge in [-0.15, -0.1) is 0 Å². The van der Waals surface area contributed by atoms with E-state index in [1.807, 2.05) is 6.08 Å². The van der Waals surface area contributed by atoms with Gasteiger partial charge in [0.05, 0.1) is 18.4 Å². The lowest BCUT2D eigenvalue weighted by Crippen LogP contribution is -2.25. The predicted molar refractivity (Wildman–Crippen MR) is 50.2 cm³/mol. The third-order valence-corrected chi connectivity index (χ3v) is 2.22. The van der Waals surface area contributed by atoms with Crippen LogP contribution in [-0.4, -0.2) is 6.61 Å². The van der Waals surface area contributed by atoms with E-state index < -0.39 is 11.7 Å². The SMILES string of the molecule is FC(F)(F)c1ccc2c(c1)=COCCC=2. The fraction of sp³-hybridized carbons (Fsp3) is 0.273. The summed E-state index contributed by atoms with van der Waals surface area (Å²) in [7, 11) is 0. The molecular weight excluding hydrogens is 205 g/mol. The lowest BCUT2D eigenvalue weighted by atomic mass is 10.1. The van der Waals surface area contributed by atoms with Gasteiger partial charge in [-0.25, -0.2) is 0 Å². The molecule has 2 rings (SSSR count). The average molecular weight is 214 g/mol. The summed E-state index contributed by atoms with van der Waals surface area (Å²) in [6.45, 7) is 0.510. The first-order chi connectivity index (χ1) is 7.07. The molecule has 80 valence electrons. The molecule has 1 nitrogen and oxygen atoms in total. The zero-order chi connectivity index (χ0) is 10.9. The molecular formula is C11H9F3O. The highest BCUT2D eigenvalue weighted by atomic mass is 19.4. The van der Waals surface area contributed by atoms with E-state index in [9.17, 15) is 13.2 Å². The number of rotatable bonds is 0. The van der Waals surface area contributed by atoms with Crippen molar-refractivity contribution < 1.29 is 17.9 Å². The molecule has 1 aliphatic heterocycles. The number of alkyl halides is 3. The van der Waals surface area contributed by atoms with Gasteiger partial charge < -0.3 is 4.74 Å². The zero-order valence-electron chi connectivity index (χ0n) is 7.84. The molecule has 0 saturated heterocycles. The molecule has 0 spiro atoms. The van der Waals surface area contributed by atoms with E-state index in [-0.39, 0.29) is 0 Å². The smallest absolute Gasteiger partial charge is 0.416 e. The maximum absolute atomic E-state index is 12.4. The monoisotopic (exact) mass is 214 g/mol. The number of fused-ring (bicyclic) bond motifs is 1. The van der Waals surface area contributed by atoms with Crippen molar-refractivity contribution in [1.29, 1.82) is 0 Å². The van der Waals surface area contributed by atoms with E-state index in [0.717, 1.165) is 23.8 Å². The molecule has 0 unspecified atom stereocenters. The zero-order valence-corrected chi connectivity index (χ0v) is 7.84. The highest BCUT2D eigenvalue weighted by Crippen LogP contribution is 2.27. The molecule has 1 aromatic rings. The summed E-state index contributed by atoms with van der Waals surface area (Å²) in [5.41, 5.74) is -0.642. The van der Waals surface area contributed by atoms with Crippen LogP contribution in [0.4, 0.5) is 13.2 Å². The Morgan fingerprint density at radius 2 is 1.93 bits per heavy atom. The largest absolute Gasteiger partial charge is 0.500 e. The summed E-state index contributed by atoms with van der Waals surface area (Å²) in [5.74, 6) is 0. The van der Waals surface area contributed by atoms with Crippen LogP contribution >= 0.6 is 0 Å². The topological polar surface area (TPSA) is 9.23 Å². The number of benzene rings is 1. The third kappa shape index (κ3) is 2.14. The van der Waals surface area contributed by atoms with Crippen LogP contribution in [0.25, 0.3) is 12.3 Å². The molecule has 0 saturated carbocycles. The van der Waals surface area contributed by atoms with Crippen molar-refractivity contribution >= 4 is 12.3 Å². The Bertz CT molecular complexity index is 474. The highest BCUT2D eigenvalue weighted by molar-refractivity contribution is 5.34. The van der Waals surface area contributed by atoms with Crippen LogP contribution < -0.4 is 10.4 Å². The Hall–Kier alpha value is -1.45. The van der Waals surface area contributed by atoms with E-state index in [0.29, 0.717) is 11.8 Å². The molecule has 1 aromatic carbocycles. The summed E-state index contributed by atoms with van der Waals surface area (Å²) in [4.78, 5) is 0. The molecule has 0 fully saturated rings. The van der Waals surface area contributed by atoms with E-state index in [2.05, 4.69) is 0 Å². The summed E-state index contributed by atoms with van der Waals surface area (Å²) in [6.07, 6.45) is -0.322. The van der Waals surface area contributed by atoms with Gasteiger partial charge in [-0.05, 0) is 17.4 Å². The maximum atomic E-state index is 12.4. The molecule has 0 aromatic heterocycles. The highest BCUT2D eigenvalue weighted by Gasteiger charge is 2.30. The molecule has 0 aliphatic carbocycles. The summed E-state index contributed by atoms with van der Waals surface area (Å²) in [6, 6.07) is 3.68. The van der Waals surface area contributed by atoms with Gasteiger partial charge in [0, 0.05) is 11.6 Å². The second kappa shape index (κ2) is 3.61. The molecule has 0 atom stereocenters. The first kappa shape index (κ1) is 10.1. The van der Waals surface area contributed by atoms with Gasteiger partial charge in [-0.2, -0.15) is 13.2 Å². The molecule has 0 radical (unpaired) electrons. The van der Waals surface area contributed by atoms with Gasteiger partial charge >= 0.3 is 6.18 Å². The van der Waals surface area contributed by atoms with Crippen molar-refractivity contribution in [3.05, 3.63) is 34.2 Å². The van der Waals surface area contributed by atoms with Gasteiger partial charge in [0.1, 0.15) is 0 Å². The number of halogens is 3. The molecule has 0 amide bonds. The predicted octanol–water partition coefficient (Wildman–Crippen LogP) is 1.64. The lowest BCUT2D eigenvalue weighted by molar-refractivity contribution is -0.137. The van der Waals surface area contributed by atoms with Gasteiger partial charge in [-0.1, -0.05) is 12.1 Å². The van der Waals surface area contributed by atoms with E-state index >= 15 is 0 Å². The number of hydrogen-bond donors (Lipinski definition) is 0. The van der Waals surface area contributed by atoms with Crippen LogP contribution in [0.15, 0.2) is 18.2 Å². The van der Waals surface area contributed by atoms with E-state index in [4.69, 9.17) is 4.74 Å². The van der Waals surface area contributed by atoms with Gasteiger partial charge in [0.25, 0.3) is 0 Å². The van der Waals surface area contributed by atoms with Gasteiger partial charge in [0.15, 0.2) is 0 Å². The number of ether oxygens (including phenoxy) is 1. The van der Waals surface area contributed by atoms with Crippen LogP contribution in [0.5, 0.6) is 0 Å². The Morgan fingerprint density at radius 3 is 2.67 bits per heavy atom. The quantitative estimate of drug-likeness (QED) is 0.638. The second-order valence-electron chi connectivity index (χ2n) is 3.32. The molecule has 1 heterocycles. The standard InChI is InChI=1S/C11H9F3O/c12-11(13,14)10-4-3-8-2-1-5-15-7-9(8)6-10/h2-4,6-7H,1,5H2. The third-order valence-electron chi connectivity index (χ3n) is 2.22. The lowest BCUT2D eigenvalue weighted by Gasteiger charge is -2.05. The Morgan fingerprint density at radius 1 is 1.13 bits per heavy atom. The summed E-state index contributed by atoms with van der Waals surface area (Å²) in [5, 5.41) is 1.28. The van der Waals surface area contributed by atoms with Crippen molar-refractivity contribution in [3.8, 4) is 0 Å². The van der Waals surface area contributed by atoms with Crippen molar-refractivity contribution in [2.24, 2.45) is 0 Å². The molecule has 4 heteroatoms. The Labute approximate surface area is 84.5 Å². The van der Waals surface area contributed by atoms with E-state index in [1.165, 1.54) is 12.3 Å². The fourth-order valence-corrected chi connectivity index (χ4v) is 1.47. The first-order valence-electron chi connectivity index (χ1n) is 4.56. The normalized spacial score (nSPS) is 15.4. The number of hydrogen-bond acceptors (Lipinski definition) is 1. The van der Waals surface area contributed by atoms with Crippen molar-refractivity contribution in [3.63, 3.8) is 0 Å². The molecule has 0 bridgehead atoms. The minimum atomic E-state index is -4.30. The van der Waals surface area contributed by atoms with E-state index in [1.54, 1.807) is 0 Å².